The van der Waals surface area contributed by atoms with E-state index in [2.05, 4.69) is 20.9 Å². The number of ether oxygens (including phenoxy) is 5. The summed E-state index contributed by atoms with van der Waals surface area (Å²) >= 11 is 3.37. The van der Waals surface area contributed by atoms with Gasteiger partial charge in [-0.25, -0.2) is 14.6 Å². The zero-order valence-corrected chi connectivity index (χ0v) is 20.6. The van der Waals surface area contributed by atoms with Crippen molar-refractivity contribution in [3.05, 3.63) is 87.5 Å². The Morgan fingerprint density at radius 1 is 0.914 bits per heavy atom. The first-order valence-corrected chi connectivity index (χ1v) is 11.1. The molecule has 4 rings (SSSR count). The van der Waals surface area contributed by atoms with Gasteiger partial charge in [-0.15, -0.1) is 0 Å². The minimum Gasteiger partial charge on any atom is -0.493 e. The first-order chi connectivity index (χ1) is 16.9. The van der Waals surface area contributed by atoms with Crippen LogP contribution in [0.5, 0.6) is 23.0 Å². The van der Waals surface area contributed by atoms with Crippen LogP contribution in [0.2, 0.25) is 0 Å². The van der Waals surface area contributed by atoms with Crippen LogP contribution in [0.15, 0.2) is 75.8 Å². The second-order valence-electron chi connectivity index (χ2n) is 7.18. The number of hydrogen-bond acceptors (Lipinski definition) is 8. The number of benzene rings is 3. The van der Waals surface area contributed by atoms with E-state index in [-0.39, 0.29) is 22.9 Å². The smallest absolute Gasteiger partial charge is 0.363 e. The summed E-state index contributed by atoms with van der Waals surface area (Å²) in [5.41, 5.74) is 1.41. The first-order valence-electron chi connectivity index (χ1n) is 10.3. The lowest BCUT2D eigenvalue weighted by molar-refractivity contribution is -0.129. The summed E-state index contributed by atoms with van der Waals surface area (Å²) in [4.78, 5) is 29.7. The van der Waals surface area contributed by atoms with Crippen LogP contribution in [0.3, 0.4) is 0 Å². The van der Waals surface area contributed by atoms with Crippen LogP contribution in [0, 0.1) is 0 Å². The van der Waals surface area contributed by atoms with Crippen molar-refractivity contribution >= 4 is 39.8 Å². The van der Waals surface area contributed by atoms with Crippen LogP contribution in [0.25, 0.3) is 6.08 Å². The Bertz CT molecular complexity index is 1320. The lowest BCUT2D eigenvalue weighted by Gasteiger charge is -2.14. The summed E-state index contributed by atoms with van der Waals surface area (Å²) < 4.78 is 27.7. The second-order valence-corrected chi connectivity index (χ2v) is 8.10. The van der Waals surface area contributed by atoms with Crippen molar-refractivity contribution in [2.24, 2.45) is 4.99 Å². The minimum absolute atomic E-state index is 0.0826. The van der Waals surface area contributed by atoms with Crippen molar-refractivity contribution in [1.82, 2.24) is 0 Å². The highest BCUT2D eigenvalue weighted by Gasteiger charge is 2.25. The summed E-state index contributed by atoms with van der Waals surface area (Å²) in [5.74, 6) is 0.169. The number of cyclic esters (lactones) is 1. The van der Waals surface area contributed by atoms with Crippen molar-refractivity contribution < 1.29 is 33.3 Å². The van der Waals surface area contributed by atoms with Crippen LogP contribution in [-0.4, -0.2) is 39.2 Å². The van der Waals surface area contributed by atoms with Crippen LogP contribution in [0.1, 0.15) is 21.5 Å². The zero-order chi connectivity index (χ0) is 24.9. The third-order valence-corrected chi connectivity index (χ3v) is 5.55. The van der Waals surface area contributed by atoms with E-state index in [0.29, 0.717) is 28.4 Å². The topological polar surface area (TPSA) is 92.7 Å². The van der Waals surface area contributed by atoms with E-state index in [1.54, 1.807) is 36.4 Å². The average Bonchev–Trinajstić information content (AvgIpc) is 3.24. The Labute approximate surface area is 209 Å². The normalized spacial score (nSPS) is 13.8. The maximum absolute atomic E-state index is 13.0. The number of aliphatic imine (C=N–C) groups is 1. The third-order valence-electron chi connectivity index (χ3n) is 5.03. The highest BCUT2D eigenvalue weighted by Crippen LogP contribution is 2.38. The molecule has 0 saturated carbocycles. The lowest BCUT2D eigenvalue weighted by atomic mass is 10.1. The predicted molar refractivity (Wildman–Crippen MR) is 132 cm³/mol. The van der Waals surface area contributed by atoms with Crippen molar-refractivity contribution in [2.75, 3.05) is 21.3 Å². The van der Waals surface area contributed by atoms with E-state index < -0.39 is 11.9 Å². The van der Waals surface area contributed by atoms with Gasteiger partial charge in [0.05, 0.1) is 26.9 Å². The van der Waals surface area contributed by atoms with E-state index in [4.69, 9.17) is 23.7 Å². The first kappa shape index (κ1) is 24.0. The standard InChI is InChI=1S/C26H20BrNO7/c1-31-21-13-17(14-22(32-2)23(21)33-3)25(29)34-20-7-5-4-6-16(20)12-19-26(30)35-24(28-19)15-8-10-18(27)11-9-15/h4-14H,1-3H3/b19-12+. The fourth-order valence-corrected chi connectivity index (χ4v) is 3.59. The van der Waals surface area contributed by atoms with Crippen molar-refractivity contribution in [2.45, 2.75) is 0 Å². The summed E-state index contributed by atoms with van der Waals surface area (Å²) in [7, 11) is 4.38. The summed E-state index contributed by atoms with van der Waals surface area (Å²) in [6.45, 7) is 0. The number of nitrogens with zero attached hydrogens (tertiary/aromatic N) is 1. The molecule has 0 aromatic heterocycles. The van der Waals surface area contributed by atoms with Gasteiger partial charge in [-0.2, -0.15) is 0 Å². The molecular formula is C26H20BrNO7. The Hall–Kier alpha value is -4.11. The molecule has 0 spiro atoms. The lowest BCUT2D eigenvalue weighted by Crippen LogP contribution is -2.10. The molecule has 0 saturated heterocycles. The highest BCUT2D eigenvalue weighted by molar-refractivity contribution is 9.10. The largest absolute Gasteiger partial charge is 0.493 e. The van der Waals surface area contributed by atoms with E-state index in [9.17, 15) is 9.59 Å². The molecule has 0 N–H and O–H groups in total. The molecule has 8 nitrogen and oxygen atoms in total. The molecule has 35 heavy (non-hydrogen) atoms. The Morgan fingerprint density at radius 2 is 1.57 bits per heavy atom. The van der Waals surface area contributed by atoms with Gasteiger partial charge in [-0.05, 0) is 48.5 Å². The van der Waals surface area contributed by atoms with Crippen LogP contribution in [0.4, 0.5) is 0 Å². The second kappa shape index (κ2) is 10.4. The number of halogens is 1. The van der Waals surface area contributed by atoms with Crippen molar-refractivity contribution in [3.63, 3.8) is 0 Å². The number of hydrogen-bond donors (Lipinski definition) is 0. The van der Waals surface area contributed by atoms with E-state index >= 15 is 0 Å². The van der Waals surface area contributed by atoms with Gasteiger partial charge >= 0.3 is 11.9 Å². The molecule has 0 amide bonds. The predicted octanol–water partition coefficient (Wildman–Crippen LogP) is 5.04. The molecule has 0 atom stereocenters. The molecular weight excluding hydrogens is 518 g/mol. The summed E-state index contributed by atoms with van der Waals surface area (Å²) in [6, 6.07) is 17.0. The fourth-order valence-electron chi connectivity index (χ4n) is 3.32. The van der Waals surface area contributed by atoms with E-state index in [1.165, 1.54) is 39.5 Å². The molecule has 1 aliphatic rings. The van der Waals surface area contributed by atoms with Crippen LogP contribution < -0.4 is 18.9 Å². The molecule has 0 bridgehead atoms. The quantitative estimate of drug-likeness (QED) is 0.237. The van der Waals surface area contributed by atoms with Gasteiger partial charge in [0.25, 0.3) is 0 Å². The Balaban J connectivity index is 1.63. The maximum Gasteiger partial charge on any atom is 0.363 e. The highest BCUT2D eigenvalue weighted by atomic mass is 79.9. The monoisotopic (exact) mass is 537 g/mol. The molecule has 3 aromatic carbocycles. The van der Waals surface area contributed by atoms with Gasteiger partial charge in [-0.1, -0.05) is 34.1 Å². The molecule has 0 radical (unpaired) electrons. The third kappa shape index (κ3) is 5.20. The van der Waals surface area contributed by atoms with E-state index in [0.717, 1.165) is 4.47 Å². The maximum atomic E-state index is 13.0. The number of para-hydroxylation sites is 1. The van der Waals surface area contributed by atoms with Crippen LogP contribution in [-0.2, 0) is 9.53 Å². The molecule has 1 heterocycles. The number of carbonyl (C=O) groups excluding carboxylic acids is 2. The minimum atomic E-state index is -0.650. The van der Waals surface area contributed by atoms with Gasteiger partial charge in [-0.3, -0.25) is 0 Å². The number of methoxy groups -OCH3 is 3. The summed E-state index contributed by atoms with van der Waals surface area (Å²) in [6.07, 6.45) is 1.51. The number of carbonyl (C=O) groups is 2. The molecule has 9 heteroatoms. The molecule has 178 valence electrons. The zero-order valence-electron chi connectivity index (χ0n) is 19.0. The number of esters is 2. The van der Waals surface area contributed by atoms with Gasteiger partial charge in [0, 0.05) is 15.6 Å². The SMILES string of the molecule is COc1cc(C(=O)Oc2ccccc2/C=C2/N=C(c3ccc(Br)cc3)OC2=O)cc(OC)c1OC. The fraction of sp³-hybridized carbons (Fsp3) is 0.115. The molecule has 0 unspecified atom stereocenters. The Morgan fingerprint density at radius 3 is 2.20 bits per heavy atom. The number of rotatable bonds is 7. The van der Waals surface area contributed by atoms with E-state index in [1.807, 2.05) is 12.1 Å². The van der Waals surface area contributed by atoms with Gasteiger partial charge in [0.15, 0.2) is 17.2 Å². The van der Waals surface area contributed by atoms with Gasteiger partial charge in [0.1, 0.15) is 5.75 Å². The Kier molecular flexibility index (Phi) is 7.17. The van der Waals surface area contributed by atoms with Gasteiger partial charge < -0.3 is 23.7 Å². The van der Waals surface area contributed by atoms with Gasteiger partial charge in [0.2, 0.25) is 11.6 Å². The van der Waals surface area contributed by atoms with Crippen LogP contribution >= 0.6 is 15.9 Å². The summed E-state index contributed by atoms with van der Waals surface area (Å²) in [5, 5.41) is 0. The van der Waals surface area contributed by atoms with Crippen molar-refractivity contribution in [1.29, 1.82) is 0 Å². The molecule has 1 aliphatic heterocycles. The molecule has 3 aromatic rings. The molecule has 0 aliphatic carbocycles. The van der Waals surface area contributed by atoms with Crippen molar-refractivity contribution in [3.8, 4) is 23.0 Å². The molecule has 0 fully saturated rings. The average molecular weight is 538 g/mol.